The fourth-order valence-corrected chi connectivity index (χ4v) is 0.726. The number of carboxylic acids is 1. The van der Waals surface area contributed by atoms with E-state index in [-0.39, 0.29) is 29.6 Å². The van der Waals surface area contributed by atoms with Crippen LogP contribution >= 0.6 is 0 Å². The third-order valence-electron chi connectivity index (χ3n) is 1.71. The van der Waals surface area contributed by atoms with Crippen LogP contribution in [0.3, 0.4) is 0 Å². The fourth-order valence-electron chi connectivity index (χ4n) is 0.726. The molecule has 0 aromatic carbocycles. The molecule has 1 heterocycles. The third kappa shape index (κ3) is 2.76. The van der Waals surface area contributed by atoms with Gasteiger partial charge < -0.3 is 9.90 Å². The molecule has 0 amide bonds. The molecular weight excluding hydrogens is 179 g/mol. The molecule has 0 fully saturated rings. The molecule has 64 valence electrons. The second-order valence-electron chi connectivity index (χ2n) is 3.00. The van der Waals surface area contributed by atoms with Gasteiger partial charge in [-0.3, -0.25) is 9.97 Å². The SMILES string of the molecule is CC(C)(C(=O)[O-])c1cnccn1.[Na+]. The van der Waals surface area contributed by atoms with Gasteiger partial charge in [-0.2, -0.15) is 0 Å². The molecule has 0 bridgehead atoms. The minimum absolute atomic E-state index is 0. The molecule has 1 aromatic rings. The van der Waals surface area contributed by atoms with Crippen LogP contribution in [0.4, 0.5) is 0 Å². The molecule has 5 heteroatoms. The molecule has 0 aliphatic carbocycles. The summed E-state index contributed by atoms with van der Waals surface area (Å²) in [7, 11) is 0. The van der Waals surface area contributed by atoms with E-state index >= 15 is 0 Å². The minimum Gasteiger partial charge on any atom is -0.549 e. The zero-order valence-electron chi connectivity index (χ0n) is 7.94. The summed E-state index contributed by atoms with van der Waals surface area (Å²) in [5, 5.41) is 10.6. The van der Waals surface area contributed by atoms with Gasteiger partial charge in [0.15, 0.2) is 0 Å². The first kappa shape index (κ1) is 12.6. The van der Waals surface area contributed by atoms with Crippen LogP contribution in [0.15, 0.2) is 18.6 Å². The van der Waals surface area contributed by atoms with E-state index in [1.165, 1.54) is 32.4 Å². The number of hydrogen-bond donors (Lipinski definition) is 0. The van der Waals surface area contributed by atoms with Gasteiger partial charge in [0.25, 0.3) is 0 Å². The quantitative estimate of drug-likeness (QED) is 0.452. The summed E-state index contributed by atoms with van der Waals surface area (Å²) in [6, 6.07) is 0. The molecule has 4 nitrogen and oxygen atoms in total. The average Bonchev–Trinajstić information content (AvgIpc) is 2.06. The molecule has 0 saturated carbocycles. The van der Waals surface area contributed by atoms with E-state index in [0.717, 1.165) is 0 Å². The van der Waals surface area contributed by atoms with Crippen molar-refractivity contribution >= 4 is 5.97 Å². The van der Waals surface area contributed by atoms with E-state index in [0.29, 0.717) is 5.69 Å². The topological polar surface area (TPSA) is 65.9 Å². The van der Waals surface area contributed by atoms with Gasteiger partial charge in [-0.25, -0.2) is 0 Å². The van der Waals surface area contributed by atoms with Crippen molar-refractivity contribution in [3.05, 3.63) is 24.3 Å². The Labute approximate surface area is 98.7 Å². The van der Waals surface area contributed by atoms with Gasteiger partial charge in [0.2, 0.25) is 0 Å². The summed E-state index contributed by atoms with van der Waals surface area (Å²) in [5.74, 6) is -1.15. The molecule has 0 atom stereocenters. The summed E-state index contributed by atoms with van der Waals surface area (Å²) >= 11 is 0. The van der Waals surface area contributed by atoms with Crippen molar-refractivity contribution in [3.63, 3.8) is 0 Å². The number of carbonyl (C=O) groups is 1. The van der Waals surface area contributed by atoms with E-state index in [1.54, 1.807) is 0 Å². The van der Waals surface area contributed by atoms with Crippen LogP contribution in [0.5, 0.6) is 0 Å². The molecule has 0 aliphatic heterocycles. The van der Waals surface area contributed by atoms with Gasteiger partial charge in [-0.15, -0.1) is 0 Å². The van der Waals surface area contributed by atoms with Crippen LogP contribution in [0.1, 0.15) is 19.5 Å². The second-order valence-corrected chi connectivity index (χ2v) is 3.00. The molecule has 0 aliphatic rings. The number of carbonyl (C=O) groups excluding carboxylic acids is 1. The predicted octanol–water partition coefficient (Wildman–Crippen LogP) is -3.49. The maximum Gasteiger partial charge on any atom is 1.00 e. The molecule has 0 radical (unpaired) electrons. The Morgan fingerprint density at radius 3 is 2.46 bits per heavy atom. The Kier molecular flexibility index (Phi) is 4.53. The Morgan fingerprint density at radius 2 is 2.08 bits per heavy atom. The van der Waals surface area contributed by atoms with Gasteiger partial charge in [-0.05, 0) is 13.8 Å². The van der Waals surface area contributed by atoms with Crippen LogP contribution in [-0.2, 0) is 10.2 Å². The summed E-state index contributed by atoms with van der Waals surface area (Å²) in [6.07, 6.45) is 4.38. The molecule has 1 aromatic heterocycles. The largest absolute Gasteiger partial charge is 1.00 e. The fraction of sp³-hybridized carbons (Fsp3) is 0.375. The van der Waals surface area contributed by atoms with Crippen molar-refractivity contribution < 1.29 is 39.5 Å². The van der Waals surface area contributed by atoms with Gasteiger partial charge in [0.1, 0.15) is 0 Å². The van der Waals surface area contributed by atoms with E-state index in [2.05, 4.69) is 9.97 Å². The van der Waals surface area contributed by atoms with Crippen molar-refractivity contribution in [2.45, 2.75) is 19.3 Å². The van der Waals surface area contributed by atoms with E-state index in [4.69, 9.17) is 0 Å². The maximum atomic E-state index is 10.6. The number of carboxylic acid groups (broad SMARTS) is 1. The van der Waals surface area contributed by atoms with Crippen molar-refractivity contribution in [3.8, 4) is 0 Å². The third-order valence-corrected chi connectivity index (χ3v) is 1.71. The Morgan fingerprint density at radius 1 is 1.46 bits per heavy atom. The van der Waals surface area contributed by atoms with Crippen LogP contribution < -0.4 is 34.7 Å². The summed E-state index contributed by atoms with van der Waals surface area (Å²) < 4.78 is 0. The molecule has 1 rings (SSSR count). The zero-order chi connectivity index (χ0) is 9.19. The Balaban J connectivity index is 0.00000144. The maximum absolute atomic E-state index is 10.6. The monoisotopic (exact) mass is 188 g/mol. The predicted molar refractivity (Wildman–Crippen MR) is 40.1 cm³/mol. The van der Waals surface area contributed by atoms with Crippen molar-refractivity contribution in [1.82, 2.24) is 9.97 Å². The van der Waals surface area contributed by atoms with Gasteiger partial charge in [-0.1, -0.05) is 0 Å². The number of aliphatic carboxylic acids is 1. The van der Waals surface area contributed by atoms with Crippen LogP contribution in [0, 0.1) is 0 Å². The van der Waals surface area contributed by atoms with Gasteiger partial charge in [0, 0.05) is 24.0 Å². The van der Waals surface area contributed by atoms with E-state index < -0.39 is 11.4 Å². The Bertz CT molecular complexity index is 287. The van der Waals surface area contributed by atoms with E-state index in [9.17, 15) is 9.90 Å². The molecule has 0 saturated heterocycles. The molecule has 0 N–H and O–H groups in total. The zero-order valence-corrected chi connectivity index (χ0v) is 9.94. The van der Waals surface area contributed by atoms with Crippen LogP contribution in [0.25, 0.3) is 0 Å². The normalized spacial score (nSPS) is 10.3. The van der Waals surface area contributed by atoms with Crippen molar-refractivity contribution in [2.24, 2.45) is 0 Å². The minimum atomic E-state index is -1.15. The molecule has 0 spiro atoms. The first-order valence-corrected chi connectivity index (χ1v) is 3.53. The summed E-state index contributed by atoms with van der Waals surface area (Å²) in [6.45, 7) is 3.07. The standard InChI is InChI=1S/C8H10N2O2.Na/c1-8(2,7(11)12)6-5-9-3-4-10-6;/h3-5H,1-2H3,(H,11,12);/q;+1/p-1. The molecule has 13 heavy (non-hydrogen) atoms. The Hall–Kier alpha value is -0.450. The number of hydrogen-bond acceptors (Lipinski definition) is 4. The number of aromatic nitrogens is 2. The first-order valence-electron chi connectivity index (χ1n) is 3.53. The average molecular weight is 188 g/mol. The van der Waals surface area contributed by atoms with Gasteiger partial charge in [0.05, 0.1) is 11.7 Å². The number of nitrogens with zero attached hydrogens (tertiary/aromatic N) is 2. The summed E-state index contributed by atoms with van der Waals surface area (Å²) in [5.41, 5.74) is -0.668. The first-order chi connectivity index (χ1) is 5.55. The molecule has 0 unspecified atom stereocenters. The number of rotatable bonds is 2. The molecular formula is C8H9N2NaO2. The van der Waals surface area contributed by atoms with E-state index in [1.807, 2.05) is 0 Å². The van der Waals surface area contributed by atoms with Crippen LogP contribution in [0.2, 0.25) is 0 Å². The van der Waals surface area contributed by atoms with Crippen molar-refractivity contribution in [1.29, 1.82) is 0 Å². The van der Waals surface area contributed by atoms with Gasteiger partial charge >= 0.3 is 29.6 Å². The summed E-state index contributed by atoms with van der Waals surface area (Å²) in [4.78, 5) is 18.3. The van der Waals surface area contributed by atoms with Crippen molar-refractivity contribution in [2.75, 3.05) is 0 Å². The van der Waals surface area contributed by atoms with Crippen LogP contribution in [-0.4, -0.2) is 15.9 Å². The smallest absolute Gasteiger partial charge is 0.549 e. The second kappa shape index (κ2) is 4.69.